The third-order valence-electron chi connectivity index (χ3n) is 3.13. The highest BCUT2D eigenvalue weighted by Crippen LogP contribution is 2.10. The van der Waals surface area contributed by atoms with Crippen molar-refractivity contribution in [2.24, 2.45) is 0 Å². The Morgan fingerprint density at radius 2 is 1.93 bits per heavy atom. The van der Waals surface area contributed by atoms with Gasteiger partial charge < -0.3 is 15.1 Å². The van der Waals surface area contributed by atoms with E-state index in [0.717, 1.165) is 43.6 Å². The van der Waals surface area contributed by atoms with Crippen LogP contribution < -0.4 is 0 Å². The van der Waals surface area contributed by atoms with Gasteiger partial charge in [-0.2, -0.15) is 0 Å². The normalized spacial score (nSPS) is 20.7. The summed E-state index contributed by atoms with van der Waals surface area (Å²) in [6.45, 7) is 5.56. The van der Waals surface area contributed by atoms with Crippen LogP contribution in [0.3, 0.4) is 0 Å². The van der Waals surface area contributed by atoms with E-state index in [2.05, 4.69) is 19.0 Å². The fraction of sp³-hybridized carbons (Fsp3) is 0.900. The van der Waals surface area contributed by atoms with Crippen LogP contribution in [0.2, 0.25) is 0 Å². The maximum Gasteiger partial charge on any atom is 0.303 e. The molecule has 15 heavy (non-hydrogen) atoms. The van der Waals surface area contributed by atoms with Crippen molar-refractivity contribution in [2.45, 2.75) is 12.8 Å². The van der Waals surface area contributed by atoms with Crippen LogP contribution in [0.25, 0.3) is 0 Å². The van der Waals surface area contributed by atoms with E-state index in [1.54, 1.807) is 0 Å². The van der Waals surface area contributed by atoms with Gasteiger partial charge in [0.2, 0.25) is 0 Å². The molecule has 0 aromatic heterocycles. The number of rotatable bonds is 4. The van der Waals surface area contributed by atoms with E-state index < -0.39 is 5.97 Å². The van der Waals surface area contributed by atoms with Gasteiger partial charge in [0.25, 0.3) is 0 Å². The molecule has 0 bridgehead atoms. The highest BCUT2D eigenvalue weighted by Gasteiger charge is 2.26. The van der Waals surface area contributed by atoms with Crippen LogP contribution in [-0.2, 0) is 4.79 Å². The molecule has 1 aliphatic heterocycles. The molecule has 1 saturated heterocycles. The summed E-state index contributed by atoms with van der Waals surface area (Å²) in [6.07, 6.45) is 1.11. The molecule has 0 radical (unpaired) electrons. The molecule has 1 aliphatic rings. The van der Waals surface area contributed by atoms with Crippen molar-refractivity contribution < 1.29 is 19.9 Å². The number of carboxylic acids is 1. The summed E-state index contributed by atoms with van der Waals surface area (Å²) >= 11 is 0. The third kappa shape index (κ3) is 5.11. The molecule has 5 heteroatoms. The summed E-state index contributed by atoms with van der Waals surface area (Å²) in [6, 6.07) is 0. The molecule has 5 nitrogen and oxygen atoms in total. The summed E-state index contributed by atoms with van der Waals surface area (Å²) in [7, 11) is 4.37. The molecule has 1 rings (SSSR count). The summed E-state index contributed by atoms with van der Waals surface area (Å²) in [4.78, 5) is 12.7. The van der Waals surface area contributed by atoms with E-state index >= 15 is 0 Å². The van der Waals surface area contributed by atoms with Gasteiger partial charge in [0.1, 0.15) is 0 Å². The molecular weight excluding hydrogens is 196 g/mol. The molecule has 0 spiro atoms. The van der Waals surface area contributed by atoms with Gasteiger partial charge in [0.05, 0.1) is 33.1 Å². The monoisotopic (exact) mass is 218 g/mol. The Labute approximate surface area is 91.2 Å². The lowest BCUT2D eigenvalue weighted by atomic mass is 10.2. The summed E-state index contributed by atoms with van der Waals surface area (Å²) in [5.74, 6) is -0.675. The molecule has 0 aromatic rings. The zero-order chi connectivity index (χ0) is 10.6. The maximum absolute atomic E-state index is 10.4. The van der Waals surface area contributed by atoms with Crippen LogP contribution in [0.1, 0.15) is 12.8 Å². The molecule has 0 unspecified atom stereocenters. The number of hydrogen-bond donors (Lipinski definition) is 1. The molecule has 1 fully saturated rings. The van der Waals surface area contributed by atoms with Crippen molar-refractivity contribution in [1.82, 2.24) is 4.90 Å². The first-order valence-corrected chi connectivity index (χ1v) is 5.26. The largest absolute Gasteiger partial charge is 0.870 e. The van der Waals surface area contributed by atoms with Crippen LogP contribution in [-0.4, -0.2) is 72.8 Å². The van der Waals surface area contributed by atoms with E-state index in [1.165, 1.54) is 0 Å². The fourth-order valence-electron chi connectivity index (χ4n) is 1.88. The second kappa shape index (κ2) is 6.05. The predicted octanol–water partition coefficient (Wildman–Crippen LogP) is 0.0664. The van der Waals surface area contributed by atoms with Gasteiger partial charge >= 0.3 is 5.97 Å². The van der Waals surface area contributed by atoms with Crippen molar-refractivity contribution in [2.75, 3.05) is 46.8 Å². The first kappa shape index (κ1) is 14.3. The first-order valence-electron chi connectivity index (χ1n) is 5.26. The Morgan fingerprint density at radius 1 is 1.40 bits per heavy atom. The van der Waals surface area contributed by atoms with Crippen molar-refractivity contribution >= 4 is 5.97 Å². The van der Waals surface area contributed by atoms with Crippen LogP contribution in [0.4, 0.5) is 0 Å². The number of nitrogens with zero attached hydrogens (tertiary/aromatic N) is 2. The third-order valence-corrected chi connectivity index (χ3v) is 3.13. The smallest absolute Gasteiger partial charge is 0.303 e. The van der Waals surface area contributed by atoms with E-state index in [1.807, 2.05) is 0 Å². The highest BCUT2D eigenvalue weighted by atomic mass is 16.4. The summed E-state index contributed by atoms with van der Waals surface area (Å²) in [5.41, 5.74) is 0. The number of likely N-dealkylation sites (N-methyl/N-ethyl adjacent to an activating group) is 2. The second-order valence-electron chi connectivity index (χ2n) is 4.59. The Hall–Kier alpha value is -0.650. The molecule has 0 amide bonds. The molecule has 0 atom stereocenters. The molecule has 0 aliphatic carbocycles. The minimum absolute atomic E-state index is 0. The van der Waals surface area contributed by atoms with Crippen LogP contribution in [0.5, 0.6) is 0 Å². The molecule has 0 saturated carbocycles. The van der Waals surface area contributed by atoms with Crippen molar-refractivity contribution in [3.63, 3.8) is 0 Å². The number of aliphatic carboxylic acids is 1. The number of quaternary nitrogens is 1. The van der Waals surface area contributed by atoms with Gasteiger partial charge in [0.15, 0.2) is 0 Å². The van der Waals surface area contributed by atoms with Crippen molar-refractivity contribution in [3.05, 3.63) is 0 Å². The lowest BCUT2D eigenvalue weighted by Crippen LogP contribution is -2.56. The predicted molar refractivity (Wildman–Crippen MR) is 57.1 cm³/mol. The Morgan fingerprint density at radius 3 is 2.40 bits per heavy atom. The molecule has 0 aromatic carbocycles. The van der Waals surface area contributed by atoms with Crippen LogP contribution >= 0.6 is 0 Å². The Bertz CT molecular complexity index is 201. The zero-order valence-corrected chi connectivity index (χ0v) is 9.65. The molecule has 90 valence electrons. The average molecular weight is 218 g/mol. The summed E-state index contributed by atoms with van der Waals surface area (Å²) in [5, 5.41) is 8.55. The van der Waals surface area contributed by atoms with Crippen molar-refractivity contribution in [3.8, 4) is 0 Å². The van der Waals surface area contributed by atoms with Gasteiger partial charge in [-0.25, -0.2) is 0 Å². The lowest BCUT2D eigenvalue weighted by Gasteiger charge is -2.41. The summed E-state index contributed by atoms with van der Waals surface area (Å²) < 4.78 is 1.04. The second-order valence-corrected chi connectivity index (χ2v) is 4.59. The van der Waals surface area contributed by atoms with Gasteiger partial charge in [-0.1, -0.05) is 0 Å². The fourth-order valence-corrected chi connectivity index (χ4v) is 1.88. The van der Waals surface area contributed by atoms with E-state index in [0.29, 0.717) is 6.42 Å². The highest BCUT2D eigenvalue weighted by molar-refractivity contribution is 5.66. The number of carbonyl (C=O) groups is 1. The minimum Gasteiger partial charge on any atom is -0.870 e. The van der Waals surface area contributed by atoms with Crippen molar-refractivity contribution in [1.29, 1.82) is 0 Å². The van der Waals surface area contributed by atoms with Gasteiger partial charge in [-0.3, -0.25) is 9.69 Å². The Kier molecular flexibility index (Phi) is 5.79. The lowest BCUT2D eigenvalue weighted by molar-refractivity contribution is -0.913. The maximum atomic E-state index is 10.4. The zero-order valence-electron chi connectivity index (χ0n) is 9.65. The molecule has 2 N–H and O–H groups in total. The van der Waals surface area contributed by atoms with Crippen LogP contribution in [0, 0.1) is 0 Å². The van der Waals surface area contributed by atoms with Gasteiger partial charge in [-0.05, 0) is 7.05 Å². The van der Waals surface area contributed by atoms with E-state index in [-0.39, 0.29) is 5.48 Å². The number of hydrogen-bond acceptors (Lipinski definition) is 3. The standard InChI is InChI=1S/C10H20N2O2.H2O/c1-11-5-8-12(2,9-6-11)7-3-4-10(13)14;/h3-9H2,1-2H3;1H2. The Balaban J connectivity index is 0.00000196. The van der Waals surface area contributed by atoms with E-state index in [4.69, 9.17) is 5.11 Å². The molecular formula is C10H22N2O3. The van der Waals surface area contributed by atoms with E-state index in [9.17, 15) is 4.79 Å². The number of carboxylic acid groups (broad SMARTS) is 1. The topological polar surface area (TPSA) is 70.5 Å². The minimum atomic E-state index is -0.675. The van der Waals surface area contributed by atoms with Gasteiger partial charge in [0, 0.05) is 19.5 Å². The number of piperazine rings is 1. The SMILES string of the molecule is CN1CC[N+](C)(CCCC(=O)O)CC1.[OH-]. The molecule has 1 heterocycles. The van der Waals surface area contributed by atoms with Gasteiger partial charge in [-0.15, -0.1) is 0 Å². The first-order chi connectivity index (χ1) is 6.52. The van der Waals surface area contributed by atoms with Crippen LogP contribution in [0.15, 0.2) is 0 Å². The average Bonchev–Trinajstić information content (AvgIpc) is 2.10. The quantitative estimate of drug-likeness (QED) is 0.678.